The van der Waals surface area contributed by atoms with Crippen molar-refractivity contribution < 1.29 is 18.8 Å². The van der Waals surface area contributed by atoms with Gasteiger partial charge < -0.3 is 18.8 Å². The Kier molecular flexibility index (Phi) is 8.50. The third kappa shape index (κ3) is 6.43. The third-order valence-electron chi connectivity index (χ3n) is 6.83. The van der Waals surface area contributed by atoms with Crippen LogP contribution in [0.15, 0.2) is 53.1 Å². The zero-order valence-electron chi connectivity index (χ0n) is 20.4. The Morgan fingerprint density at radius 3 is 2.51 bits per heavy atom. The molecule has 0 saturated heterocycles. The fourth-order valence-electron chi connectivity index (χ4n) is 4.79. The van der Waals surface area contributed by atoms with Crippen LogP contribution in [0.5, 0.6) is 0 Å². The normalized spacial score (nSPS) is 16.8. The summed E-state index contributed by atoms with van der Waals surface area (Å²) in [5, 5.41) is 19.7. The van der Waals surface area contributed by atoms with Crippen molar-refractivity contribution in [2.24, 2.45) is 5.92 Å². The fraction of sp³-hybridized carbons (Fsp3) is 0.481. The van der Waals surface area contributed by atoms with Gasteiger partial charge in [-0.2, -0.15) is 4.98 Å². The number of halogens is 2. The molecule has 0 N–H and O–H groups in total. The molecule has 0 bridgehead atoms. The van der Waals surface area contributed by atoms with Crippen molar-refractivity contribution in [1.82, 2.24) is 10.1 Å². The molecule has 0 amide bonds. The number of ether oxygens (including phenoxy) is 1. The number of quaternary nitrogens is 1. The summed E-state index contributed by atoms with van der Waals surface area (Å²) >= 11 is 12.0. The molecular formula is C27H33Cl2N3O3. The Labute approximate surface area is 217 Å². The molecule has 1 heterocycles. The van der Waals surface area contributed by atoms with Crippen LogP contribution in [0.2, 0.25) is 10.0 Å². The highest BCUT2D eigenvalue weighted by atomic mass is 35.5. The number of benzene rings is 2. The molecule has 8 heteroatoms. The van der Waals surface area contributed by atoms with Crippen LogP contribution in [0.3, 0.4) is 0 Å². The molecule has 0 aliphatic heterocycles. The number of rotatable bonds is 10. The molecule has 35 heavy (non-hydrogen) atoms. The zero-order valence-corrected chi connectivity index (χ0v) is 21.9. The predicted octanol–water partition coefficient (Wildman–Crippen LogP) is 5.35. The average Bonchev–Trinajstić information content (AvgIpc) is 3.33. The average molecular weight is 518 g/mol. The molecule has 2 aromatic carbocycles. The van der Waals surface area contributed by atoms with Crippen LogP contribution in [-0.2, 0) is 23.5 Å². The van der Waals surface area contributed by atoms with Gasteiger partial charge in [0.2, 0.25) is 11.7 Å². The van der Waals surface area contributed by atoms with Crippen LogP contribution in [0, 0.1) is 5.92 Å². The highest BCUT2D eigenvalue weighted by molar-refractivity contribution is 6.42. The lowest BCUT2D eigenvalue weighted by molar-refractivity contribution is -0.904. The summed E-state index contributed by atoms with van der Waals surface area (Å²) in [7, 11) is 4.17. The van der Waals surface area contributed by atoms with E-state index in [0.717, 1.165) is 37.8 Å². The van der Waals surface area contributed by atoms with E-state index in [2.05, 4.69) is 24.2 Å². The molecule has 3 aromatic rings. The van der Waals surface area contributed by atoms with Gasteiger partial charge in [-0.1, -0.05) is 96.9 Å². The van der Waals surface area contributed by atoms with Gasteiger partial charge in [-0.05, 0) is 34.8 Å². The van der Waals surface area contributed by atoms with E-state index in [1.807, 2.05) is 42.5 Å². The quantitative estimate of drug-likeness (QED) is 0.267. The number of aromatic nitrogens is 2. The van der Waals surface area contributed by atoms with Gasteiger partial charge in [0.05, 0.1) is 37.4 Å². The van der Waals surface area contributed by atoms with Crippen LogP contribution in [-0.4, -0.2) is 41.9 Å². The minimum Gasteiger partial charge on any atom is -0.839 e. The van der Waals surface area contributed by atoms with Crippen molar-refractivity contribution in [2.75, 3.05) is 27.2 Å². The van der Waals surface area contributed by atoms with Crippen LogP contribution >= 0.6 is 23.2 Å². The molecule has 1 fully saturated rings. The van der Waals surface area contributed by atoms with Crippen molar-refractivity contribution in [3.63, 3.8) is 0 Å². The summed E-state index contributed by atoms with van der Waals surface area (Å²) in [6, 6.07) is 15.0. The first-order chi connectivity index (χ1) is 16.8. The molecule has 1 atom stereocenters. The van der Waals surface area contributed by atoms with Crippen molar-refractivity contribution >= 4 is 23.2 Å². The second kappa shape index (κ2) is 11.4. The van der Waals surface area contributed by atoms with E-state index in [4.69, 9.17) is 32.5 Å². The maximum atomic E-state index is 14.4. The second-order valence-electron chi connectivity index (χ2n) is 10.1. The number of nitrogens with zero attached hydrogens (tertiary/aromatic N) is 3. The Bertz CT molecular complexity index is 1100. The molecule has 4 rings (SSSR count). The SMILES string of the molecule is C[N+](C)(CCOCc1ccc(Cl)c(Cl)c1)Cc1noc(C([O-])(c2ccccc2)C2CCCCC2)n1. The molecule has 1 aromatic heterocycles. The predicted molar refractivity (Wildman–Crippen MR) is 135 cm³/mol. The highest BCUT2D eigenvalue weighted by Gasteiger charge is 2.37. The van der Waals surface area contributed by atoms with E-state index in [1.165, 1.54) is 6.42 Å². The Hall–Kier alpha value is -1.96. The molecular weight excluding hydrogens is 485 g/mol. The largest absolute Gasteiger partial charge is 0.839 e. The summed E-state index contributed by atoms with van der Waals surface area (Å²) in [4.78, 5) is 4.64. The van der Waals surface area contributed by atoms with Crippen molar-refractivity contribution in [1.29, 1.82) is 0 Å². The summed E-state index contributed by atoms with van der Waals surface area (Å²) in [5.74, 6) is 0.673. The molecule has 1 saturated carbocycles. The lowest BCUT2D eigenvalue weighted by Crippen LogP contribution is -2.49. The third-order valence-corrected chi connectivity index (χ3v) is 7.57. The lowest BCUT2D eigenvalue weighted by atomic mass is 9.73. The van der Waals surface area contributed by atoms with Gasteiger partial charge in [-0.25, -0.2) is 0 Å². The van der Waals surface area contributed by atoms with E-state index in [1.54, 1.807) is 6.07 Å². The molecule has 1 unspecified atom stereocenters. The van der Waals surface area contributed by atoms with E-state index in [9.17, 15) is 5.11 Å². The Balaban J connectivity index is 1.40. The molecule has 0 radical (unpaired) electrons. The maximum absolute atomic E-state index is 14.4. The van der Waals surface area contributed by atoms with Crippen molar-refractivity contribution in [2.45, 2.75) is 50.9 Å². The summed E-state index contributed by atoms with van der Waals surface area (Å²) in [6.07, 6.45) is 5.07. The number of hydrogen-bond acceptors (Lipinski definition) is 5. The molecule has 1 aliphatic rings. The van der Waals surface area contributed by atoms with E-state index < -0.39 is 5.60 Å². The van der Waals surface area contributed by atoms with Crippen LogP contribution in [0.1, 0.15) is 54.9 Å². The standard InChI is InChI=1S/C27H33Cl2N3O3/c1-32(2,15-16-34-19-20-13-14-23(28)24(29)17-20)18-25-30-26(35-31-25)27(33,21-9-5-3-6-10-21)22-11-7-4-8-12-22/h3,5-6,9-10,13-14,17,22H,4,7-8,11-12,15-16,18-19H2,1-2H3. The molecule has 1 aliphatic carbocycles. The van der Waals surface area contributed by atoms with Gasteiger partial charge in [0.25, 0.3) is 0 Å². The van der Waals surface area contributed by atoms with Gasteiger partial charge in [-0.3, -0.25) is 0 Å². The molecule has 0 spiro atoms. The van der Waals surface area contributed by atoms with Crippen molar-refractivity contribution in [3.05, 3.63) is 81.4 Å². The molecule has 6 nitrogen and oxygen atoms in total. The lowest BCUT2D eigenvalue weighted by Gasteiger charge is -2.46. The first kappa shape index (κ1) is 26.1. The van der Waals surface area contributed by atoms with E-state index in [0.29, 0.717) is 45.7 Å². The minimum absolute atomic E-state index is 0.0516. The van der Waals surface area contributed by atoms with Crippen LogP contribution < -0.4 is 5.11 Å². The van der Waals surface area contributed by atoms with E-state index in [-0.39, 0.29) is 11.8 Å². The van der Waals surface area contributed by atoms with Gasteiger partial charge in [0, 0.05) is 0 Å². The maximum Gasteiger partial charge on any atom is 0.226 e. The Morgan fingerprint density at radius 2 is 1.80 bits per heavy atom. The highest BCUT2D eigenvalue weighted by Crippen LogP contribution is 2.41. The second-order valence-corrected chi connectivity index (χ2v) is 10.9. The van der Waals surface area contributed by atoms with Gasteiger partial charge in [0.15, 0.2) is 0 Å². The van der Waals surface area contributed by atoms with Crippen molar-refractivity contribution in [3.8, 4) is 0 Å². The minimum atomic E-state index is -1.52. The first-order valence-electron chi connectivity index (χ1n) is 12.2. The summed E-state index contributed by atoms with van der Waals surface area (Å²) in [6.45, 7) is 2.29. The van der Waals surface area contributed by atoms with Gasteiger partial charge in [0.1, 0.15) is 13.1 Å². The van der Waals surface area contributed by atoms with Gasteiger partial charge >= 0.3 is 0 Å². The number of hydrogen-bond donors (Lipinski definition) is 0. The first-order valence-corrected chi connectivity index (χ1v) is 13.0. The molecule has 188 valence electrons. The van der Waals surface area contributed by atoms with Gasteiger partial charge in [-0.15, -0.1) is 0 Å². The summed E-state index contributed by atoms with van der Waals surface area (Å²) in [5.41, 5.74) is 0.155. The van der Waals surface area contributed by atoms with E-state index >= 15 is 0 Å². The number of likely N-dealkylation sites (N-methyl/N-ethyl adjacent to an activating group) is 1. The topological polar surface area (TPSA) is 71.2 Å². The zero-order chi connectivity index (χ0) is 24.9. The van der Waals surface area contributed by atoms with Crippen LogP contribution in [0.25, 0.3) is 0 Å². The monoisotopic (exact) mass is 517 g/mol. The fourth-order valence-corrected chi connectivity index (χ4v) is 5.11. The van der Waals surface area contributed by atoms with Crippen LogP contribution in [0.4, 0.5) is 0 Å². The smallest absolute Gasteiger partial charge is 0.226 e. The summed E-state index contributed by atoms with van der Waals surface area (Å²) < 4.78 is 12.1. The Morgan fingerprint density at radius 1 is 1.06 bits per heavy atom.